The number of aryl methyl sites for hydroxylation is 1. The number of anilines is 2. The van der Waals surface area contributed by atoms with Gasteiger partial charge in [-0.2, -0.15) is 0 Å². The van der Waals surface area contributed by atoms with Crippen molar-refractivity contribution in [1.82, 2.24) is 15.1 Å². The Morgan fingerprint density at radius 3 is 2.42 bits per heavy atom. The third kappa shape index (κ3) is 4.49. The van der Waals surface area contributed by atoms with Crippen molar-refractivity contribution in [2.75, 3.05) is 18.2 Å². The molecule has 158 valence electrons. The van der Waals surface area contributed by atoms with Crippen LogP contribution in [0, 0.1) is 6.92 Å². The second kappa shape index (κ2) is 9.27. The zero-order chi connectivity index (χ0) is 21.1. The molecule has 0 atom stereocenters. The minimum atomic E-state index is -0.338. The van der Waals surface area contributed by atoms with Crippen molar-refractivity contribution in [1.29, 1.82) is 0 Å². The van der Waals surface area contributed by atoms with Crippen LogP contribution in [-0.2, 0) is 0 Å². The summed E-state index contributed by atoms with van der Waals surface area (Å²) in [6.45, 7) is 1.70. The monoisotopic (exact) mass is 437 g/mol. The standard InChI is InChI=1S/C22H19N5O3.ClH/c1-13-19(20(27-30-13)14-6-4-3-5-7-14)21(28)26-17-9-8-15(10-18(17)29-2)16-11-24-22(23)25-12-16;/h3-12H,1-2H3,(H,26,28)(H2,23,24,25);1H. The fraction of sp³-hybridized carbons (Fsp3) is 0.0909. The maximum Gasteiger partial charge on any atom is 0.261 e. The van der Waals surface area contributed by atoms with Gasteiger partial charge in [0.1, 0.15) is 22.8 Å². The highest BCUT2D eigenvalue weighted by molar-refractivity contribution is 6.09. The number of nitrogens with one attached hydrogen (secondary N) is 1. The SMILES string of the molecule is COc1cc(-c2cnc(N)nc2)ccc1NC(=O)c1c(-c2ccccc2)noc1C.Cl. The Morgan fingerprint density at radius 2 is 1.74 bits per heavy atom. The molecule has 0 aliphatic carbocycles. The van der Waals surface area contributed by atoms with E-state index in [1.165, 1.54) is 7.11 Å². The van der Waals surface area contributed by atoms with Crippen molar-refractivity contribution in [3.8, 4) is 28.1 Å². The van der Waals surface area contributed by atoms with E-state index in [1.807, 2.05) is 36.4 Å². The molecule has 0 bridgehead atoms. The number of halogens is 1. The Morgan fingerprint density at radius 1 is 1.03 bits per heavy atom. The first-order valence-electron chi connectivity index (χ1n) is 9.16. The van der Waals surface area contributed by atoms with Crippen molar-refractivity contribution < 1.29 is 14.1 Å². The van der Waals surface area contributed by atoms with E-state index in [0.29, 0.717) is 28.5 Å². The lowest BCUT2D eigenvalue weighted by Crippen LogP contribution is -2.14. The van der Waals surface area contributed by atoms with Gasteiger partial charge in [0.05, 0.1) is 12.8 Å². The summed E-state index contributed by atoms with van der Waals surface area (Å²) < 4.78 is 10.8. The number of benzene rings is 2. The number of hydrogen-bond donors (Lipinski definition) is 2. The molecule has 0 aliphatic heterocycles. The molecule has 2 aromatic heterocycles. The van der Waals surface area contributed by atoms with Crippen molar-refractivity contribution in [2.24, 2.45) is 0 Å². The fourth-order valence-corrected chi connectivity index (χ4v) is 3.08. The summed E-state index contributed by atoms with van der Waals surface area (Å²) in [5, 5.41) is 6.95. The molecule has 9 heteroatoms. The number of nitrogens with zero attached hydrogens (tertiary/aromatic N) is 3. The largest absolute Gasteiger partial charge is 0.495 e. The molecule has 0 aliphatic rings. The summed E-state index contributed by atoms with van der Waals surface area (Å²) in [4.78, 5) is 21.1. The van der Waals surface area contributed by atoms with Crippen LogP contribution >= 0.6 is 12.4 Å². The van der Waals surface area contributed by atoms with Crippen molar-refractivity contribution in [3.05, 3.63) is 72.2 Å². The molecule has 2 aromatic carbocycles. The number of aromatic nitrogens is 3. The number of carbonyl (C=O) groups excluding carboxylic acids is 1. The molecule has 31 heavy (non-hydrogen) atoms. The summed E-state index contributed by atoms with van der Waals surface area (Å²) in [5.41, 5.74) is 9.33. The van der Waals surface area contributed by atoms with E-state index >= 15 is 0 Å². The van der Waals surface area contributed by atoms with E-state index in [2.05, 4.69) is 20.4 Å². The molecule has 3 N–H and O–H groups in total. The van der Waals surface area contributed by atoms with Gasteiger partial charge in [-0.1, -0.05) is 41.6 Å². The summed E-state index contributed by atoms with van der Waals surface area (Å²) in [6.07, 6.45) is 3.25. The first-order valence-corrected chi connectivity index (χ1v) is 9.16. The van der Waals surface area contributed by atoms with Crippen LogP contribution < -0.4 is 15.8 Å². The number of nitrogen functional groups attached to an aromatic ring is 1. The third-order valence-electron chi connectivity index (χ3n) is 4.59. The van der Waals surface area contributed by atoms with Gasteiger partial charge >= 0.3 is 0 Å². The minimum Gasteiger partial charge on any atom is -0.495 e. The van der Waals surface area contributed by atoms with Crippen LogP contribution in [0.15, 0.2) is 65.4 Å². The highest BCUT2D eigenvalue weighted by Crippen LogP contribution is 2.32. The van der Waals surface area contributed by atoms with E-state index in [-0.39, 0.29) is 24.3 Å². The van der Waals surface area contributed by atoms with Gasteiger partial charge < -0.3 is 20.3 Å². The fourth-order valence-electron chi connectivity index (χ4n) is 3.08. The average molecular weight is 438 g/mol. The average Bonchev–Trinajstić information content (AvgIpc) is 3.16. The lowest BCUT2D eigenvalue weighted by molar-refractivity contribution is 0.102. The van der Waals surface area contributed by atoms with Crippen LogP contribution in [-0.4, -0.2) is 28.1 Å². The Hall–Kier alpha value is -3.91. The molecule has 0 spiro atoms. The van der Waals surface area contributed by atoms with Crippen molar-refractivity contribution >= 4 is 29.9 Å². The van der Waals surface area contributed by atoms with Gasteiger partial charge in [0.2, 0.25) is 5.95 Å². The quantitative estimate of drug-likeness (QED) is 0.476. The second-order valence-electron chi connectivity index (χ2n) is 6.53. The molecule has 4 aromatic rings. The van der Waals surface area contributed by atoms with Crippen LogP contribution in [0.3, 0.4) is 0 Å². The molecule has 1 amide bonds. The highest BCUT2D eigenvalue weighted by Gasteiger charge is 2.22. The molecular formula is C22H20ClN5O3. The minimum absolute atomic E-state index is 0. The number of ether oxygens (including phenoxy) is 1. The highest BCUT2D eigenvalue weighted by atomic mass is 35.5. The van der Waals surface area contributed by atoms with Crippen LogP contribution in [0.4, 0.5) is 11.6 Å². The molecule has 0 saturated carbocycles. The first-order chi connectivity index (χ1) is 14.6. The normalized spacial score (nSPS) is 10.3. The van der Waals surface area contributed by atoms with E-state index in [1.54, 1.807) is 31.5 Å². The van der Waals surface area contributed by atoms with Gasteiger partial charge in [0.25, 0.3) is 5.91 Å². The molecule has 2 heterocycles. The van der Waals surface area contributed by atoms with Gasteiger partial charge in [-0.3, -0.25) is 4.79 Å². The zero-order valence-corrected chi connectivity index (χ0v) is 17.6. The first kappa shape index (κ1) is 21.8. The number of rotatable bonds is 5. The number of amides is 1. The van der Waals surface area contributed by atoms with Crippen LogP contribution in [0.1, 0.15) is 16.1 Å². The maximum absolute atomic E-state index is 13.1. The second-order valence-corrected chi connectivity index (χ2v) is 6.53. The zero-order valence-electron chi connectivity index (χ0n) is 16.8. The van der Waals surface area contributed by atoms with E-state index < -0.39 is 0 Å². The number of carbonyl (C=O) groups is 1. The van der Waals surface area contributed by atoms with E-state index in [0.717, 1.165) is 16.7 Å². The maximum atomic E-state index is 13.1. The molecular weight excluding hydrogens is 418 g/mol. The Labute approximate surface area is 184 Å². The Balaban J connectivity index is 0.00000272. The van der Waals surface area contributed by atoms with Crippen molar-refractivity contribution in [2.45, 2.75) is 6.92 Å². The van der Waals surface area contributed by atoms with Crippen molar-refractivity contribution in [3.63, 3.8) is 0 Å². The van der Waals surface area contributed by atoms with Gasteiger partial charge in [0, 0.05) is 23.5 Å². The van der Waals surface area contributed by atoms with Crippen LogP contribution in [0.25, 0.3) is 22.4 Å². The number of methoxy groups -OCH3 is 1. The molecule has 4 rings (SSSR count). The summed E-state index contributed by atoms with van der Waals surface area (Å²) in [7, 11) is 1.54. The topological polar surface area (TPSA) is 116 Å². The van der Waals surface area contributed by atoms with Gasteiger partial charge in [-0.25, -0.2) is 9.97 Å². The lowest BCUT2D eigenvalue weighted by Gasteiger charge is -2.12. The molecule has 0 radical (unpaired) electrons. The number of nitrogens with two attached hydrogens (primary N) is 1. The van der Waals surface area contributed by atoms with E-state index in [4.69, 9.17) is 15.0 Å². The summed E-state index contributed by atoms with van der Waals surface area (Å²) in [6, 6.07) is 14.8. The Bertz CT molecular complexity index is 1190. The van der Waals surface area contributed by atoms with Crippen LogP contribution in [0.5, 0.6) is 5.75 Å². The molecule has 0 unspecified atom stereocenters. The van der Waals surface area contributed by atoms with E-state index in [9.17, 15) is 4.79 Å². The summed E-state index contributed by atoms with van der Waals surface area (Å²) in [5.74, 6) is 0.788. The molecule has 8 nitrogen and oxygen atoms in total. The van der Waals surface area contributed by atoms with Gasteiger partial charge in [-0.15, -0.1) is 12.4 Å². The molecule has 0 fully saturated rings. The molecule has 0 saturated heterocycles. The van der Waals surface area contributed by atoms with Gasteiger partial charge in [0.15, 0.2) is 0 Å². The lowest BCUT2D eigenvalue weighted by atomic mass is 10.1. The summed E-state index contributed by atoms with van der Waals surface area (Å²) >= 11 is 0. The predicted molar refractivity (Wildman–Crippen MR) is 120 cm³/mol. The smallest absolute Gasteiger partial charge is 0.261 e. The predicted octanol–water partition coefficient (Wildman–Crippen LogP) is 4.37. The Kier molecular flexibility index (Phi) is 6.52. The van der Waals surface area contributed by atoms with Gasteiger partial charge in [-0.05, 0) is 24.6 Å². The third-order valence-corrected chi connectivity index (χ3v) is 4.59. The van der Waals surface area contributed by atoms with Crippen LogP contribution in [0.2, 0.25) is 0 Å². The number of hydrogen-bond acceptors (Lipinski definition) is 7.